The van der Waals surface area contributed by atoms with Gasteiger partial charge in [-0.05, 0) is 49.2 Å². The molecule has 2 atom stereocenters. The summed E-state index contributed by atoms with van der Waals surface area (Å²) in [6, 6.07) is 25.6. The number of benzene rings is 3. The molecule has 3 aromatic rings. The van der Waals surface area contributed by atoms with Crippen LogP contribution < -0.4 is 4.90 Å². The van der Waals surface area contributed by atoms with E-state index in [4.69, 9.17) is 4.99 Å². The Morgan fingerprint density at radius 2 is 1.50 bits per heavy atom. The van der Waals surface area contributed by atoms with E-state index in [0.717, 1.165) is 22.5 Å². The van der Waals surface area contributed by atoms with E-state index in [1.54, 1.807) is 0 Å². The van der Waals surface area contributed by atoms with Crippen LogP contribution in [-0.4, -0.2) is 11.8 Å². The number of hydrogen-bond acceptors (Lipinski definition) is 2. The summed E-state index contributed by atoms with van der Waals surface area (Å²) in [4.78, 5) is 7.37. The fourth-order valence-corrected chi connectivity index (χ4v) is 3.52. The highest BCUT2D eigenvalue weighted by Gasteiger charge is 2.35. The normalized spacial score (nSPS) is 19.5. The number of aliphatic imine (C=N–C) groups is 1. The summed E-state index contributed by atoms with van der Waals surface area (Å²) < 4.78 is 13.3. The number of halogens is 1. The minimum absolute atomic E-state index is 0.0889. The van der Waals surface area contributed by atoms with Crippen LogP contribution in [0, 0.1) is 12.7 Å². The van der Waals surface area contributed by atoms with Crippen molar-refractivity contribution in [1.82, 2.24) is 0 Å². The second-order valence-electron chi connectivity index (χ2n) is 6.72. The van der Waals surface area contributed by atoms with Crippen LogP contribution in [0.4, 0.5) is 10.1 Å². The predicted octanol–water partition coefficient (Wildman–Crippen LogP) is 5.53. The number of anilines is 1. The van der Waals surface area contributed by atoms with E-state index >= 15 is 0 Å². The van der Waals surface area contributed by atoms with Gasteiger partial charge in [0.05, 0.1) is 11.8 Å². The van der Waals surface area contributed by atoms with Gasteiger partial charge in [0.15, 0.2) is 0 Å². The third kappa shape index (κ3) is 3.01. The van der Waals surface area contributed by atoms with Crippen LogP contribution in [0.1, 0.15) is 29.8 Å². The highest BCUT2D eigenvalue weighted by atomic mass is 19.1. The number of aryl methyl sites for hydroxylation is 1. The molecule has 2 unspecified atom stereocenters. The highest BCUT2D eigenvalue weighted by molar-refractivity contribution is 6.07. The van der Waals surface area contributed by atoms with Gasteiger partial charge in [0.2, 0.25) is 0 Å². The zero-order valence-electron chi connectivity index (χ0n) is 14.9. The molecule has 4 rings (SSSR count). The summed E-state index contributed by atoms with van der Waals surface area (Å²) in [5, 5.41) is 0. The molecule has 0 saturated heterocycles. The Labute approximate surface area is 153 Å². The van der Waals surface area contributed by atoms with Gasteiger partial charge in [-0.1, -0.05) is 60.2 Å². The van der Waals surface area contributed by atoms with E-state index in [9.17, 15) is 4.39 Å². The molecule has 130 valence electrons. The average molecular weight is 344 g/mol. The van der Waals surface area contributed by atoms with Crippen LogP contribution in [0.15, 0.2) is 83.9 Å². The molecule has 0 amide bonds. The second kappa shape index (κ2) is 6.75. The minimum atomic E-state index is -0.227. The van der Waals surface area contributed by atoms with Gasteiger partial charge in [0.25, 0.3) is 0 Å². The first-order valence-corrected chi connectivity index (χ1v) is 8.87. The SMILES string of the molecule is Cc1ccc(N2C(C)C(c3ccc(F)cc3)=NC2c2ccccc2)cc1. The first-order chi connectivity index (χ1) is 12.6. The van der Waals surface area contributed by atoms with Gasteiger partial charge < -0.3 is 4.90 Å². The Morgan fingerprint density at radius 3 is 2.15 bits per heavy atom. The van der Waals surface area contributed by atoms with Gasteiger partial charge in [0, 0.05) is 5.69 Å². The van der Waals surface area contributed by atoms with Crippen LogP contribution in [0.3, 0.4) is 0 Å². The topological polar surface area (TPSA) is 15.6 Å². The van der Waals surface area contributed by atoms with Crippen LogP contribution in [-0.2, 0) is 0 Å². The Balaban J connectivity index is 1.79. The molecule has 0 saturated carbocycles. The van der Waals surface area contributed by atoms with Crippen LogP contribution in [0.5, 0.6) is 0 Å². The van der Waals surface area contributed by atoms with Crippen LogP contribution in [0.25, 0.3) is 0 Å². The lowest BCUT2D eigenvalue weighted by atomic mass is 10.0. The van der Waals surface area contributed by atoms with E-state index in [2.05, 4.69) is 55.1 Å². The Morgan fingerprint density at radius 1 is 0.846 bits per heavy atom. The van der Waals surface area contributed by atoms with E-state index in [1.807, 2.05) is 30.3 Å². The summed E-state index contributed by atoms with van der Waals surface area (Å²) in [7, 11) is 0. The molecule has 0 aliphatic carbocycles. The van der Waals surface area contributed by atoms with Crippen molar-refractivity contribution in [2.75, 3.05) is 4.90 Å². The molecule has 0 fully saturated rings. The maximum atomic E-state index is 13.3. The van der Waals surface area contributed by atoms with Crippen molar-refractivity contribution in [2.24, 2.45) is 4.99 Å². The zero-order chi connectivity index (χ0) is 18.1. The maximum absolute atomic E-state index is 13.3. The molecule has 0 N–H and O–H groups in total. The molecular formula is C23H21FN2. The Kier molecular flexibility index (Phi) is 4.29. The molecule has 1 heterocycles. The average Bonchev–Trinajstić information content (AvgIpc) is 3.01. The summed E-state index contributed by atoms with van der Waals surface area (Å²) >= 11 is 0. The monoisotopic (exact) mass is 344 g/mol. The Bertz CT molecular complexity index is 915. The lowest BCUT2D eigenvalue weighted by molar-refractivity contribution is 0.627. The molecule has 2 nitrogen and oxygen atoms in total. The van der Waals surface area contributed by atoms with Crippen molar-refractivity contribution in [3.63, 3.8) is 0 Å². The van der Waals surface area contributed by atoms with Crippen molar-refractivity contribution in [3.8, 4) is 0 Å². The molecule has 0 radical (unpaired) electrons. The van der Waals surface area contributed by atoms with Gasteiger partial charge in [0.1, 0.15) is 12.0 Å². The first kappa shape index (κ1) is 16.5. The predicted molar refractivity (Wildman–Crippen MR) is 105 cm³/mol. The number of hydrogen-bond donors (Lipinski definition) is 0. The minimum Gasteiger partial charge on any atom is -0.337 e. The standard InChI is InChI=1S/C23H21FN2/c1-16-8-14-21(15-9-16)26-17(2)22(18-10-12-20(24)13-11-18)25-23(26)19-6-4-3-5-7-19/h3-15,17,23H,1-2H3. The molecule has 0 spiro atoms. The molecule has 26 heavy (non-hydrogen) atoms. The van der Waals surface area contributed by atoms with Crippen LogP contribution in [0.2, 0.25) is 0 Å². The second-order valence-corrected chi connectivity index (χ2v) is 6.72. The summed E-state index contributed by atoms with van der Waals surface area (Å²) in [6.07, 6.45) is -0.0889. The van der Waals surface area contributed by atoms with Crippen LogP contribution >= 0.6 is 0 Å². The molecule has 0 bridgehead atoms. The highest BCUT2D eigenvalue weighted by Crippen LogP contribution is 2.37. The van der Waals surface area contributed by atoms with Gasteiger partial charge in [-0.2, -0.15) is 0 Å². The van der Waals surface area contributed by atoms with Crippen molar-refractivity contribution in [1.29, 1.82) is 0 Å². The summed E-state index contributed by atoms with van der Waals surface area (Å²) in [5.74, 6) is -0.227. The van der Waals surface area contributed by atoms with Crippen molar-refractivity contribution < 1.29 is 4.39 Å². The quantitative estimate of drug-likeness (QED) is 0.610. The van der Waals surface area contributed by atoms with Crippen molar-refractivity contribution in [3.05, 3.63) is 101 Å². The van der Waals surface area contributed by atoms with Crippen molar-refractivity contribution >= 4 is 11.4 Å². The molecule has 1 aliphatic rings. The van der Waals surface area contributed by atoms with E-state index in [0.29, 0.717) is 0 Å². The van der Waals surface area contributed by atoms with E-state index < -0.39 is 0 Å². The number of rotatable bonds is 3. The smallest absolute Gasteiger partial charge is 0.148 e. The molecule has 3 aromatic carbocycles. The van der Waals surface area contributed by atoms with Crippen molar-refractivity contribution in [2.45, 2.75) is 26.1 Å². The largest absolute Gasteiger partial charge is 0.337 e. The van der Waals surface area contributed by atoms with Gasteiger partial charge in [-0.3, -0.25) is 4.99 Å². The first-order valence-electron chi connectivity index (χ1n) is 8.87. The fraction of sp³-hybridized carbons (Fsp3) is 0.174. The lowest BCUT2D eigenvalue weighted by Crippen LogP contribution is -2.35. The Hall–Kier alpha value is -2.94. The number of nitrogens with zero attached hydrogens (tertiary/aromatic N) is 2. The molecule has 3 heteroatoms. The molecule has 1 aliphatic heterocycles. The van der Waals surface area contributed by atoms with Gasteiger partial charge >= 0.3 is 0 Å². The van der Waals surface area contributed by atoms with E-state index in [1.165, 1.54) is 17.7 Å². The van der Waals surface area contributed by atoms with E-state index in [-0.39, 0.29) is 18.0 Å². The fourth-order valence-electron chi connectivity index (χ4n) is 3.52. The third-order valence-corrected chi connectivity index (χ3v) is 4.91. The summed E-state index contributed by atoms with van der Waals surface area (Å²) in [5.41, 5.74) is 5.47. The third-order valence-electron chi connectivity index (χ3n) is 4.91. The maximum Gasteiger partial charge on any atom is 0.148 e. The molecule has 0 aromatic heterocycles. The van der Waals surface area contributed by atoms with Gasteiger partial charge in [-0.25, -0.2) is 4.39 Å². The van der Waals surface area contributed by atoms with Gasteiger partial charge in [-0.15, -0.1) is 0 Å². The zero-order valence-corrected chi connectivity index (χ0v) is 14.9. The lowest BCUT2D eigenvalue weighted by Gasteiger charge is -2.30. The molecular weight excluding hydrogens is 323 g/mol. The summed E-state index contributed by atoms with van der Waals surface area (Å²) in [6.45, 7) is 4.25.